The molecule has 0 aliphatic rings. The van der Waals surface area contributed by atoms with Gasteiger partial charge in [0.05, 0.1) is 44.1 Å². The van der Waals surface area contributed by atoms with Crippen LogP contribution in [0.4, 0.5) is 0 Å². The van der Waals surface area contributed by atoms with Crippen LogP contribution in [-0.4, -0.2) is 88.3 Å². The molecule has 0 aliphatic carbocycles. The van der Waals surface area contributed by atoms with Crippen LogP contribution in [0.15, 0.2) is 85.2 Å². The van der Waals surface area contributed by atoms with Gasteiger partial charge >= 0.3 is 11.9 Å². The van der Waals surface area contributed by atoms with Crippen molar-refractivity contribution in [2.24, 2.45) is 0 Å². The van der Waals surface area contributed by atoms with Crippen molar-refractivity contribution >= 4 is 11.9 Å². The molecule has 0 bridgehead atoms. The average Bonchev–Trinajstić information content (AvgIpc) is 3.76. The molecule has 0 fully saturated rings. The van der Waals surface area contributed by atoms with Gasteiger partial charge in [-0.1, -0.05) is 12.1 Å². The Balaban J connectivity index is 0.000000178. The number of aromatic nitrogens is 10. The Labute approximate surface area is 254 Å². The van der Waals surface area contributed by atoms with E-state index in [1.54, 1.807) is 67.0 Å². The van der Waals surface area contributed by atoms with E-state index in [0.717, 1.165) is 0 Å². The maximum Gasteiger partial charge on any atom is 0.358 e. The molecule has 16 heteroatoms. The number of hydrogen-bond acceptors (Lipinski definition) is 13. The van der Waals surface area contributed by atoms with Crippen LogP contribution < -0.4 is 9.47 Å². The van der Waals surface area contributed by atoms with E-state index in [1.165, 1.54) is 36.8 Å². The van der Waals surface area contributed by atoms with E-state index in [9.17, 15) is 9.59 Å². The number of ether oxygens (including phenoxy) is 3. The zero-order valence-electron chi connectivity index (χ0n) is 24.0. The first-order valence-electron chi connectivity index (χ1n) is 13.0. The lowest BCUT2D eigenvalue weighted by Crippen LogP contribution is -2.07. The lowest BCUT2D eigenvalue weighted by atomic mass is 10.2. The highest BCUT2D eigenvalue weighted by Crippen LogP contribution is 2.23. The smallest absolute Gasteiger partial charge is 0.358 e. The van der Waals surface area contributed by atoms with Crippen LogP contribution in [0.3, 0.4) is 0 Å². The number of carbonyl (C=O) groups is 2. The van der Waals surface area contributed by atoms with Crippen molar-refractivity contribution < 1.29 is 28.9 Å². The molecule has 0 saturated carbocycles. The summed E-state index contributed by atoms with van der Waals surface area (Å²) in [5, 5.41) is 33.2. The number of carboxylic acids is 1. The van der Waals surface area contributed by atoms with Gasteiger partial charge in [-0.2, -0.15) is 10.2 Å². The third-order valence-electron chi connectivity index (χ3n) is 5.99. The fraction of sp³-hybridized carbons (Fsp3) is 0.103. The summed E-state index contributed by atoms with van der Waals surface area (Å²) in [7, 11) is 4.29. The van der Waals surface area contributed by atoms with E-state index >= 15 is 0 Å². The predicted molar refractivity (Wildman–Crippen MR) is 156 cm³/mol. The predicted octanol–water partition coefficient (Wildman–Crippen LogP) is 2.95. The second-order valence-corrected chi connectivity index (χ2v) is 8.75. The lowest BCUT2D eigenvalue weighted by molar-refractivity contribution is 0.0592. The Morgan fingerprint density at radius 2 is 1.13 bits per heavy atom. The third-order valence-corrected chi connectivity index (χ3v) is 5.99. The van der Waals surface area contributed by atoms with Crippen molar-refractivity contribution in [3.63, 3.8) is 0 Å². The number of hydrogen-bond donors (Lipinski definition) is 1. The Kier molecular flexibility index (Phi) is 9.03. The number of pyridine rings is 2. The molecular formula is C29H24N10O6. The zero-order valence-corrected chi connectivity index (χ0v) is 24.0. The summed E-state index contributed by atoms with van der Waals surface area (Å²) < 4.78 is 17.5. The number of esters is 1. The van der Waals surface area contributed by atoms with E-state index < -0.39 is 11.9 Å². The van der Waals surface area contributed by atoms with Gasteiger partial charge in [0.15, 0.2) is 23.0 Å². The maximum absolute atomic E-state index is 11.8. The molecule has 0 aromatic carbocycles. The van der Waals surface area contributed by atoms with Crippen LogP contribution in [0.5, 0.6) is 11.8 Å². The summed E-state index contributed by atoms with van der Waals surface area (Å²) in [4.78, 5) is 31.4. The quantitative estimate of drug-likeness (QED) is 0.248. The summed E-state index contributed by atoms with van der Waals surface area (Å²) in [6.45, 7) is 0. The van der Waals surface area contributed by atoms with Gasteiger partial charge in [0.25, 0.3) is 0 Å². The van der Waals surface area contributed by atoms with Gasteiger partial charge in [-0.3, -0.25) is 9.97 Å². The van der Waals surface area contributed by atoms with Crippen molar-refractivity contribution in [3.8, 4) is 46.2 Å². The van der Waals surface area contributed by atoms with Crippen LogP contribution in [-0.2, 0) is 4.74 Å². The van der Waals surface area contributed by atoms with Crippen molar-refractivity contribution in [1.82, 2.24) is 49.9 Å². The third kappa shape index (κ3) is 6.75. The Morgan fingerprint density at radius 3 is 1.51 bits per heavy atom. The molecule has 0 atom stereocenters. The normalized spacial score (nSPS) is 10.4. The first-order valence-corrected chi connectivity index (χ1v) is 13.0. The highest BCUT2D eigenvalue weighted by molar-refractivity contribution is 5.88. The number of carbonyl (C=O) groups excluding carboxylic acids is 1. The van der Waals surface area contributed by atoms with Gasteiger partial charge in [-0.15, -0.1) is 20.4 Å². The second-order valence-electron chi connectivity index (χ2n) is 8.75. The van der Waals surface area contributed by atoms with Crippen molar-refractivity contribution in [2.75, 3.05) is 21.3 Å². The Morgan fingerprint density at radius 1 is 0.644 bits per heavy atom. The first kappa shape index (κ1) is 29.9. The van der Waals surface area contributed by atoms with Crippen molar-refractivity contribution in [3.05, 3.63) is 96.6 Å². The van der Waals surface area contributed by atoms with Gasteiger partial charge in [-0.05, 0) is 36.4 Å². The molecule has 45 heavy (non-hydrogen) atoms. The number of carboxylic acid groups (broad SMARTS) is 1. The maximum atomic E-state index is 11.8. The van der Waals surface area contributed by atoms with Crippen molar-refractivity contribution in [2.45, 2.75) is 0 Å². The highest BCUT2D eigenvalue weighted by Gasteiger charge is 2.19. The monoisotopic (exact) mass is 608 g/mol. The molecule has 0 spiro atoms. The van der Waals surface area contributed by atoms with Crippen molar-refractivity contribution in [1.29, 1.82) is 0 Å². The molecule has 0 unspecified atom stereocenters. The number of nitrogens with zero attached hydrogens (tertiary/aromatic N) is 10. The molecule has 16 nitrogen and oxygen atoms in total. The van der Waals surface area contributed by atoms with Gasteiger partial charge < -0.3 is 19.3 Å². The van der Waals surface area contributed by atoms with E-state index in [0.29, 0.717) is 46.2 Å². The molecule has 0 saturated heterocycles. The highest BCUT2D eigenvalue weighted by atomic mass is 16.5. The van der Waals surface area contributed by atoms with E-state index in [1.807, 2.05) is 12.1 Å². The summed E-state index contributed by atoms with van der Waals surface area (Å²) in [5.74, 6) is -0.127. The first-order chi connectivity index (χ1) is 21.9. The van der Waals surface area contributed by atoms with Gasteiger partial charge in [-0.25, -0.2) is 19.0 Å². The summed E-state index contributed by atoms with van der Waals surface area (Å²) in [6.07, 6.45) is 3.27. The molecule has 1 N–H and O–H groups in total. The lowest BCUT2D eigenvalue weighted by Gasteiger charge is -2.05. The fourth-order valence-corrected chi connectivity index (χ4v) is 3.88. The molecular weight excluding hydrogens is 584 g/mol. The number of aromatic carboxylic acids is 1. The topological polar surface area (TPSA) is 195 Å². The number of rotatable bonds is 8. The summed E-state index contributed by atoms with van der Waals surface area (Å²) in [5.41, 5.74) is 2.40. The van der Waals surface area contributed by atoms with Crippen LogP contribution in [0.25, 0.3) is 34.4 Å². The Bertz CT molecular complexity index is 1890. The molecule has 6 rings (SSSR count). The van der Waals surface area contributed by atoms with Gasteiger partial charge in [0, 0.05) is 36.7 Å². The average molecular weight is 609 g/mol. The molecule has 226 valence electrons. The van der Waals surface area contributed by atoms with Crippen LogP contribution in [0.1, 0.15) is 21.0 Å². The van der Waals surface area contributed by atoms with Crippen LogP contribution in [0, 0.1) is 0 Å². The van der Waals surface area contributed by atoms with E-state index in [4.69, 9.17) is 19.3 Å². The molecule has 6 aromatic rings. The minimum atomic E-state index is -1.13. The number of methoxy groups -OCH3 is 3. The SMILES string of the molecule is COC(=O)c1cc(-c2ccccn2)n(-c2ccc(OC)nn2)n1.COc1ccc(-n2nc(C(=O)O)cc2-c2ccccn2)nn1. The van der Waals surface area contributed by atoms with E-state index in [-0.39, 0.29) is 11.4 Å². The largest absolute Gasteiger partial charge is 0.480 e. The fourth-order valence-electron chi connectivity index (χ4n) is 3.88. The minimum absolute atomic E-state index is 0.0988. The van der Waals surface area contributed by atoms with E-state index in [2.05, 4.69) is 40.6 Å². The molecule has 6 aromatic heterocycles. The van der Waals surface area contributed by atoms with Gasteiger partial charge in [0.2, 0.25) is 11.8 Å². The Hall–Kier alpha value is -6.58. The minimum Gasteiger partial charge on any atom is -0.480 e. The van der Waals surface area contributed by atoms with Crippen LogP contribution in [0.2, 0.25) is 0 Å². The summed E-state index contributed by atoms with van der Waals surface area (Å²) in [6, 6.07) is 20.4. The molecule has 0 amide bonds. The van der Waals surface area contributed by atoms with Crippen LogP contribution >= 0.6 is 0 Å². The summed E-state index contributed by atoms with van der Waals surface area (Å²) >= 11 is 0. The van der Waals surface area contributed by atoms with Gasteiger partial charge in [0.1, 0.15) is 0 Å². The molecule has 6 heterocycles. The molecule has 0 radical (unpaired) electrons. The zero-order chi connectivity index (χ0) is 31.8. The molecule has 0 aliphatic heterocycles. The standard InChI is InChI=1S/C15H13N5O3.C14H11N5O3/c1-22-14-7-6-13(17-18-14)20-12(10-5-3-4-8-16-10)9-11(19-20)15(21)23-2;1-22-13-6-5-12(16-17-13)19-11(8-10(18-19)14(20)21)9-4-2-3-7-15-9/h3-9H,1-2H3;2-8H,1H3,(H,20,21). The second kappa shape index (κ2) is 13.6.